The van der Waals surface area contributed by atoms with Crippen LogP contribution in [0.4, 0.5) is 0 Å². The van der Waals surface area contributed by atoms with Gasteiger partial charge in [-0.1, -0.05) is 73.2 Å². The summed E-state index contributed by atoms with van der Waals surface area (Å²) < 4.78 is 3.44. The van der Waals surface area contributed by atoms with Crippen LogP contribution in [-0.4, -0.2) is 38.4 Å². The number of halogens is 1. The number of aromatic nitrogens is 2. The highest BCUT2D eigenvalue weighted by Gasteiger charge is 2.36. The first-order valence-electron chi connectivity index (χ1n) is 13.4. The first-order chi connectivity index (χ1) is 18.2. The van der Waals surface area contributed by atoms with Crippen LogP contribution in [0.1, 0.15) is 70.8 Å². The van der Waals surface area contributed by atoms with Gasteiger partial charge in [-0.05, 0) is 75.3 Å². The molecule has 0 saturated heterocycles. The Balaban J connectivity index is 0.000000236. The normalized spacial score (nSPS) is 18.5. The highest BCUT2D eigenvalue weighted by Crippen LogP contribution is 2.38. The highest BCUT2D eigenvalue weighted by atomic mass is 35.5. The number of carboxylic acids is 1. The van der Waals surface area contributed by atoms with Crippen molar-refractivity contribution >= 4 is 46.1 Å². The first kappa shape index (κ1) is 28.5. The van der Waals surface area contributed by atoms with E-state index in [1.54, 1.807) is 24.1 Å². The predicted octanol–water partition coefficient (Wildman–Crippen LogP) is 8.07. The Hall–Kier alpha value is -2.48. The summed E-state index contributed by atoms with van der Waals surface area (Å²) in [5, 5.41) is 19.1. The van der Waals surface area contributed by atoms with E-state index in [1.165, 1.54) is 30.4 Å². The molecule has 38 heavy (non-hydrogen) atoms. The van der Waals surface area contributed by atoms with Crippen molar-refractivity contribution in [2.45, 2.75) is 71.3 Å². The van der Waals surface area contributed by atoms with Gasteiger partial charge in [-0.15, -0.1) is 0 Å². The van der Waals surface area contributed by atoms with Crippen LogP contribution in [0.5, 0.6) is 5.88 Å². The zero-order chi connectivity index (χ0) is 27.3. The number of carbonyl (C=O) groups is 1. The second-order valence-electron chi connectivity index (χ2n) is 10.9. The van der Waals surface area contributed by atoms with Gasteiger partial charge in [0.15, 0.2) is 5.88 Å². The summed E-state index contributed by atoms with van der Waals surface area (Å²) in [6.07, 6.45) is 13.6. The van der Waals surface area contributed by atoms with Gasteiger partial charge in [0.25, 0.3) is 0 Å². The van der Waals surface area contributed by atoms with Crippen LogP contribution in [0.2, 0.25) is 5.02 Å². The summed E-state index contributed by atoms with van der Waals surface area (Å²) in [5.74, 6) is -0.160. The highest BCUT2D eigenvalue weighted by molar-refractivity contribution is 7.96. The van der Waals surface area contributed by atoms with Gasteiger partial charge < -0.3 is 15.2 Å². The largest absolute Gasteiger partial charge is 0.495 e. The zero-order valence-corrected chi connectivity index (χ0v) is 24.0. The molecule has 5 rings (SSSR count). The van der Waals surface area contributed by atoms with E-state index in [4.69, 9.17) is 16.7 Å². The number of carboxylic acid groups (broad SMARTS) is 1. The zero-order valence-electron chi connectivity index (χ0n) is 22.4. The van der Waals surface area contributed by atoms with E-state index < -0.39 is 11.4 Å². The molecule has 0 bridgehead atoms. The van der Waals surface area contributed by atoms with Crippen molar-refractivity contribution in [1.29, 1.82) is 0 Å². The number of nitrogens with one attached hydrogen (secondary N) is 2. The number of aromatic hydroxyl groups is 1. The molecule has 0 spiro atoms. The van der Waals surface area contributed by atoms with Gasteiger partial charge in [-0.2, -0.15) is 0 Å². The predicted molar refractivity (Wildman–Crippen MR) is 158 cm³/mol. The maximum absolute atomic E-state index is 10.9. The molecule has 0 aliphatic heterocycles. The van der Waals surface area contributed by atoms with Crippen molar-refractivity contribution in [1.82, 2.24) is 14.7 Å². The Morgan fingerprint density at radius 1 is 1.11 bits per heavy atom. The molecule has 2 heterocycles. The molecule has 204 valence electrons. The fourth-order valence-corrected chi connectivity index (χ4v) is 6.24. The SMILES string of the molecule is CC(C)(C(=O)O)C1CCCCC1.CSNC1CC=C(c2ccc(-c3nc4cc(O)[nH]c4cc3Cl)cc2)CC1. The number of pyridine rings is 1. The van der Waals surface area contributed by atoms with Crippen molar-refractivity contribution < 1.29 is 15.0 Å². The minimum absolute atomic E-state index is 0.0922. The van der Waals surface area contributed by atoms with E-state index in [1.807, 2.05) is 13.8 Å². The van der Waals surface area contributed by atoms with E-state index in [9.17, 15) is 9.90 Å². The Bertz CT molecular complexity index is 1280. The van der Waals surface area contributed by atoms with E-state index in [0.29, 0.717) is 22.5 Å². The molecule has 1 saturated carbocycles. The lowest BCUT2D eigenvalue weighted by Gasteiger charge is -2.33. The number of nitrogens with zero attached hydrogens (tertiary/aromatic N) is 1. The number of benzene rings is 1. The van der Waals surface area contributed by atoms with Crippen molar-refractivity contribution in [2.24, 2.45) is 11.3 Å². The summed E-state index contributed by atoms with van der Waals surface area (Å²) >= 11 is 8.09. The standard InChI is InChI=1S/C20H20ClN3OS.C10H18O2/c1-26-24-15-8-6-13(7-9-15)12-2-4-14(5-3-12)20-16(21)10-17-18(23-20)11-19(25)22-17;1-10(2,9(11)12)8-6-4-3-5-7-8/h2-6,10-11,15,22,24-25H,7-9H2,1H3;8H,3-7H2,1-2H3,(H,11,12). The molecule has 6 nitrogen and oxygen atoms in total. The van der Waals surface area contributed by atoms with Crippen molar-refractivity contribution in [2.75, 3.05) is 6.26 Å². The Labute approximate surface area is 234 Å². The molecule has 2 aliphatic carbocycles. The maximum atomic E-state index is 10.9. The molecule has 2 aliphatic rings. The molecule has 8 heteroatoms. The fraction of sp³-hybridized carbons (Fsp3) is 0.467. The van der Waals surface area contributed by atoms with Gasteiger partial charge in [0.2, 0.25) is 0 Å². The number of aromatic amines is 1. The van der Waals surface area contributed by atoms with Crippen LogP contribution in [0, 0.1) is 11.3 Å². The van der Waals surface area contributed by atoms with Crippen LogP contribution in [0.15, 0.2) is 42.5 Å². The van der Waals surface area contributed by atoms with Crippen LogP contribution < -0.4 is 4.72 Å². The van der Waals surface area contributed by atoms with Gasteiger partial charge in [-0.3, -0.25) is 9.52 Å². The molecule has 2 aromatic heterocycles. The number of rotatable bonds is 6. The van der Waals surface area contributed by atoms with Gasteiger partial charge in [0.05, 0.1) is 27.2 Å². The number of hydrogen-bond acceptors (Lipinski definition) is 5. The molecule has 1 unspecified atom stereocenters. The molecule has 4 N–H and O–H groups in total. The van der Waals surface area contributed by atoms with Crippen molar-refractivity contribution in [3.8, 4) is 17.1 Å². The van der Waals surface area contributed by atoms with Crippen molar-refractivity contribution in [3.63, 3.8) is 0 Å². The Morgan fingerprint density at radius 3 is 2.39 bits per heavy atom. The van der Waals surface area contributed by atoms with E-state index in [2.05, 4.69) is 51.3 Å². The molecule has 0 amide bonds. The van der Waals surface area contributed by atoms with Crippen LogP contribution in [0.3, 0.4) is 0 Å². The van der Waals surface area contributed by atoms with Crippen LogP contribution in [-0.2, 0) is 4.79 Å². The van der Waals surface area contributed by atoms with E-state index >= 15 is 0 Å². The minimum Gasteiger partial charge on any atom is -0.495 e. The average molecular weight is 556 g/mol. The van der Waals surface area contributed by atoms with E-state index in [0.717, 1.165) is 48.9 Å². The lowest BCUT2D eigenvalue weighted by molar-refractivity contribution is -0.150. The lowest BCUT2D eigenvalue weighted by atomic mass is 9.71. The quantitative estimate of drug-likeness (QED) is 0.229. The second-order valence-corrected chi connectivity index (χ2v) is 11.9. The number of fused-ring (bicyclic) bond motifs is 1. The summed E-state index contributed by atoms with van der Waals surface area (Å²) in [6, 6.07) is 12.4. The summed E-state index contributed by atoms with van der Waals surface area (Å²) in [4.78, 5) is 18.3. The number of hydrogen-bond donors (Lipinski definition) is 4. The molecule has 1 atom stereocenters. The minimum atomic E-state index is -0.644. The monoisotopic (exact) mass is 555 g/mol. The number of allylic oxidation sites excluding steroid dienone is 1. The maximum Gasteiger partial charge on any atom is 0.309 e. The molecule has 0 radical (unpaired) electrons. The van der Waals surface area contributed by atoms with E-state index in [-0.39, 0.29) is 5.88 Å². The number of aliphatic carboxylic acids is 1. The second kappa shape index (κ2) is 12.6. The third kappa shape index (κ3) is 6.74. The van der Waals surface area contributed by atoms with Crippen LogP contribution >= 0.6 is 23.5 Å². The lowest BCUT2D eigenvalue weighted by Crippen LogP contribution is -2.34. The molecular weight excluding hydrogens is 518 g/mol. The molecule has 1 aromatic carbocycles. The third-order valence-electron chi connectivity index (χ3n) is 7.94. The molecule has 1 fully saturated rings. The number of H-pyrrole nitrogens is 1. The van der Waals surface area contributed by atoms with Gasteiger partial charge in [0, 0.05) is 17.7 Å². The van der Waals surface area contributed by atoms with Gasteiger partial charge in [-0.25, -0.2) is 4.98 Å². The molecular formula is C30H38ClN3O3S. The Kier molecular flexibility index (Phi) is 9.45. The summed E-state index contributed by atoms with van der Waals surface area (Å²) in [5.41, 5.74) is 5.28. The Morgan fingerprint density at radius 2 is 1.79 bits per heavy atom. The topological polar surface area (TPSA) is 98.2 Å². The third-order valence-corrected chi connectivity index (χ3v) is 8.80. The first-order valence-corrected chi connectivity index (χ1v) is 15.0. The molecule has 3 aromatic rings. The summed E-state index contributed by atoms with van der Waals surface area (Å²) in [7, 11) is 0. The van der Waals surface area contributed by atoms with Crippen molar-refractivity contribution in [3.05, 3.63) is 53.1 Å². The van der Waals surface area contributed by atoms with Crippen LogP contribution in [0.25, 0.3) is 27.9 Å². The smallest absolute Gasteiger partial charge is 0.309 e. The fourth-order valence-electron chi connectivity index (χ4n) is 5.43. The van der Waals surface area contributed by atoms with Gasteiger partial charge >= 0.3 is 5.97 Å². The summed E-state index contributed by atoms with van der Waals surface area (Å²) in [6.45, 7) is 3.70. The van der Waals surface area contributed by atoms with Gasteiger partial charge in [0.1, 0.15) is 0 Å². The average Bonchev–Trinajstić information content (AvgIpc) is 3.28.